The summed E-state index contributed by atoms with van der Waals surface area (Å²) in [6, 6.07) is 5.74. The van der Waals surface area contributed by atoms with Crippen LogP contribution in [0.1, 0.15) is 20.3 Å². The molecule has 1 saturated heterocycles. The predicted octanol–water partition coefficient (Wildman–Crippen LogP) is 3.63. The Morgan fingerprint density at radius 1 is 1.40 bits per heavy atom. The van der Waals surface area contributed by atoms with Crippen molar-refractivity contribution < 1.29 is 4.79 Å². The molecule has 2 unspecified atom stereocenters. The van der Waals surface area contributed by atoms with Crippen molar-refractivity contribution in [3.8, 4) is 0 Å². The van der Waals surface area contributed by atoms with Crippen LogP contribution in [0, 0.1) is 11.8 Å². The van der Waals surface area contributed by atoms with Crippen molar-refractivity contribution in [3.63, 3.8) is 0 Å². The molecule has 5 heteroatoms. The van der Waals surface area contributed by atoms with E-state index in [1.54, 1.807) is 0 Å². The number of nitrogens with zero attached hydrogens (tertiary/aromatic N) is 1. The fourth-order valence-corrected chi connectivity index (χ4v) is 4.15. The van der Waals surface area contributed by atoms with E-state index >= 15 is 0 Å². The number of halogens is 1. The normalized spacial score (nSPS) is 22.9. The first-order valence-electron chi connectivity index (χ1n) is 6.91. The number of nitrogens with two attached hydrogens (primary N) is 1. The molecule has 110 valence electrons. The number of amides is 1. The van der Waals surface area contributed by atoms with Gasteiger partial charge in [0.2, 0.25) is 5.91 Å². The maximum atomic E-state index is 12.3. The lowest BCUT2D eigenvalue weighted by Crippen LogP contribution is -2.43. The zero-order valence-corrected chi connectivity index (χ0v) is 14.3. The van der Waals surface area contributed by atoms with Gasteiger partial charge < -0.3 is 10.6 Å². The molecular weight excluding hydrogens is 336 g/mol. The Balaban J connectivity index is 1.93. The summed E-state index contributed by atoms with van der Waals surface area (Å²) in [5.74, 6) is 1.88. The molecule has 1 aromatic rings. The van der Waals surface area contributed by atoms with Gasteiger partial charge in [-0.3, -0.25) is 4.79 Å². The number of hydrogen-bond donors (Lipinski definition) is 1. The van der Waals surface area contributed by atoms with Crippen LogP contribution >= 0.6 is 27.7 Å². The number of hydrogen-bond acceptors (Lipinski definition) is 3. The highest BCUT2D eigenvalue weighted by atomic mass is 79.9. The van der Waals surface area contributed by atoms with E-state index in [1.807, 2.05) is 23.1 Å². The highest BCUT2D eigenvalue weighted by Crippen LogP contribution is 2.29. The van der Waals surface area contributed by atoms with Gasteiger partial charge in [0.25, 0.3) is 0 Å². The topological polar surface area (TPSA) is 46.3 Å². The van der Waals surface area contributed by atoms with Crippen molar-refractivity contribution in [2.75, 3.05) is 24.6 Å². The van der Waals surface area contributed by atoms with E-state index in [4.69, 9.17) is 5.73 Å². The summed E-state index contributed by atoms with van der Waals surface area (Å²) in [7, 11) is 0. The van der Waals surface area contributed by atoms with Gasteiger partial charge in [0.1, 0.15) is 0 Å². The van der Waals surface area contributed by atoms with Crippen LogP contribution in [0.25, 0.3) is 0 Å². The van der Waals surface area contributed by atoms with Gasteiger partial charge in [0, 0.05) is 28.1 Å². The summed E-state index contributed by atoms with van der Waals surface area (Å²) < 4.78 is 0.988. The summed E-state index contributed by atoms with van der Waals surface area (Å²) >= 11 is 4.95. The maximum Gasteiger partial charge on any atom is 0.232 e. The molecule has 1 heterocycles. The van der Waals surface area contributed by atoms with Crippen LogP contribution < -0.4 is 5.73 Å². The van der Waals surface area contributed by atoms with Crippen molar-refractivity contribution in [3.05, 3.63) is 22.7 Å². The van der Waals surface area contributed by atoms with E-state index in [2.05, 4.69) is 29.8 Å². The lowest BCUT2D eigenvalue weighted by Gasteiger charge is -2.35. The van der Waals surface area contributed by atoms with Crippen LogP contribution in [-0.4, -0.2) is 29.6 Å². The van der Waals surface area contributed by atoms with Gasteiger partial charge in [0.05, 0.1) is 5.75 Å². The van der Waals surface area contributed by atoms with E-state index in [1.165, 1.54) is 18.2 Å². The Labute approximate surface area is 133 Å². The number of likely N-dealkylation sites (tertiary alicyclic amines) is 1. The van der Waals surface area contributed by atoms with Crippen LogP contribution in [0.4, 0.5) is 5.69 Å². The number of anilines is 1. The van der Waals surface area contributed by atoms with Crippen LogP contribution in [0.2, 0.25) is 0 Å². The predicted molar refractivity (Wildman–Crippen MR) is 88.8 cm³/mol. The molecule has 20 heavy (non-hydrogen) atoms. The Morgan fingerprint density at radius 2 is 2.05 bits per heavy atom. The first kappa shape index (κ1) is 15.7. The molecule has 1 aliphatic heterocycles. The molecule has 0 spiro atoms. The van der Waals surface area contributed by atoms with Crippen LogP contribution in [0.15, 0.2) is 27.6 Å². The molecule has 0 saturated carbocycles. The minimum Gasteiger partial charge on any atom is -0.398 e. The van der Waals surface area contributed by atoms with Gasteiger partial charge in [-0.1, -0.05) is 29.8 Å². The second-order valence-electron chi connectivity index (χ2n) is 5.72. The lowest BCUT2D eigenvalue weighted by atomic mass is 9.92. The first-order valence-corrected chi connectivity index (χ1v) is 8.69. The van der Waals surface area contributed by atoms with Crippen LogP contribution in [0.5, 0.6) is 0 Å². The molecule has 0 radical (unpaired) electrons. The number of carbonyl (C=O) groups excluding carboxylic acids is 1. The Bertz CT molecular complexity index is 485. The molecule has 0 bridgehead atoms. The van der Waals surface area contributed by atoms with E-state index in [0.717, 1.165) is 28.1 Å². The zero-order valence-electron chi connectivity index (χ0n) is 11.9. The standard InChI is InChI=1S/C15H21BrN2OS/c1-10-5-11(2)8-18(7-10)15(19)9-20-14-6-12(16)3-4-13(14)17/h3-4,6,10-11H,5,7-9,17H2,1-2H3. The average Bonchev–Trinajstić information content (AvgIpc) is 2.38. The number of piperidine rings is 1. The van der Waals surface area contributed by atoms with Crippen molar-refractivity contribution in [1.82, 2.24) is 4.90 Å². The molecule has 3 nitrogen and oxygen atoms in total. The summed E-state index contributed by atoms with van der Waals surface area (Å²) in [4.78, 5) is 15.3. The van der Waals surface area contributed by atoms with E-state index in [9.17, 15) is 4.79 Å². The van der Waals surface area contributed by atoms with Gasteiger partial charge in [-0.25, -0.2) is 0 Å². The van der Waals surface area contributed by atoms with E-state index < -0.39 is 0 Å². The number of benzene rings is 1. The quantitative estimate of drug-likeness (QED) is 0.664. The fourth-order valence-electron chi connectivity index (χ4n) is 2.73. The summed E-state index contributed by atoms with van der Waals surface area (Å²) in [6.07, 6.45) is 1.22. The molecule has 2 rings (SSSR count). The molecule has 2 atom stereocenters. The highest BCUT2D eigenvalue weighted by Gasteiger charge is 2.25. The average molecular weight is 357 g/mol. The largest absolute Gasteiger partial charge is 0.398 e. The molecule has 0 aliphatic carbocycles. The highest BCUT2D eigenvalue weighted by molar-refractivity contribution is 9.10. The first-order chi connectivity index (χ1) is 9.45. The molecule has 0 aromatic heterocycles. The van der Waals surface area contributed by atoms with Crippen molar-refractivity contribution >= 4 is 39.3 Å². The third-order valence-electron chi connectivity index (χ3n) is 3.55. The van der Waals surface area contributed by atoms with Crippen molar-refractivity contribution in [2.24, 2.45) is 11.8 Å². The third-order valence-corrected chi connectivity index (χ3v) is 5.10. The van der Waals surface area contributed by atoms with Gasteiger partial charge in [0.15, 0.2) is 0 Å². The summed E-state index contributed by atoms with van der Waals surface area (Å²) in [6.45, 7) is 6.21. The van der Waals surface area contributed by atoms with E-state index in [0.29, 0.717) is 17.6 Å². The van der Waals surface area contributed by atoms with Gasteiger partial charge in [-0.05, 0) is 36.5 Å². The Kier molecular flexibility index (Phi) is 5.38. The smallest absolute Gasteiger partial charge is 0.232 e. The minimum absolute atomic E-state index is 0.216. The Hall–Kier alpha value is -0.680. The zero-order chi connectivity index (χ0) is 14.7. The van der Waals surface area contributed by atoms with Crippen molar-refractivity contribution in [1.29, 1.82) is 0 Å². The molecule has 1 aliphatic rings. The van der Waals surface area contributed by atoms with Gasteiger partial charge in [-0.2, -0.15) is 0 Å². The number of rotatable bonds is 3. The molecular formula is C15H21BrN2OS. The van der Waals surface area contributed by atoms with Gasteiger partial charge >= 0.3 is 0 Å². The third kappa shape index (κ3) is 4.16. The second kappa shape index (κ2) is 6.85. The summed E-state index contributed by atoms with van der Waals surface area (Å²) in [5, 5.41) is 0. The Morgan fingerprint density at radius 3 is 2.70 bits per heavy atom. The molecule has 1 amide bonds. The number of nitrogen functional groups attached to an aromatic ring is 1. The van der Waals surface area contributed by atoms with E-state index in [-0.39, 0.29) is 5.91 Å². The second-order valence-corrected chi connectivity index (χ2v) is 7.65. The number of thioether (sulfide) groups is 1. The minimum atomic E-state index is 0.216. The SMILES string of the molecule is CC1CC(C)CN(C(=O)CSc2cc(Br)ccc2N)C1. The monoisotopic (exact) mass is 356 g/mol. The molecule has 1 aromatic carbocycles. The lowest BCUT2D eigenvalue weighted by molar-refractivity contribution is -0.130. The van der Waals surface area contributed by atoms with Crippen LogP contribution in [-0.2, 0) is 4.79 Å². The van der Waals surface area contributed by atoms with Crippen LogP contribution in [0.3, 0.4) is 0 Å². The summed E-state index contributed by atoms with van der Waals surface area (Å²) in [5.41, 5.74) is 6.66. The van der Waals surface area contributed by atoms with Crippen molar-refractivity contribution in [2.45, 2.75) is 25.2 Å². The fraction of sp³-hybridized carbons (Fsp3) is 0.533. The number of carbonyl (C=O) groups is 1. The van der Waals surface area contributed by atoms with Gasteiger partial charge in [-0.15, -0.1) is 11.8 Å². The maximum absolute atomic E-state index is 12.3. The molecule has 1 fully saturated rings. The molecule has 2 N–H and O–H groups in total.